The van der Waals surface area contributed by atoms with Crippen molar-refractivity contribution in [3.63, 3.8) is 0 Å². The molecule has 2 aromatic heterocycles. The molecule has 3 heterocycles. The van der Waals surface area contributed by atoms with Crippen molar-refractivity contribution in [2.75, 3.05) is 4.90 Å². The van der Waals surface area contributed by atoms with Crippen LogP contribution in [0, 0.1) is 0 Å². The number of nitrogens with zero attached hydrogens (tertiary/aromatic N) is 2. The molecule has 2 aliphatic rings. The second-order valence-electron chi connectivity index (χ2n) is 9.74. The van der Waals surface area contributed by atoms with E-state index in [0.717, 1.165) is 48.0 Å². The summed E-state index contributed by atoms with van der Waals surface area (Å²) in [5.74, 6) is -0.159. The van der Waals surface area contributed by atoms with Gasteiger partial charge in [-0.1, -0.05) is 51.2 Å². The molecule has 3 aromatic rings. The number of aromatic nitrogens is 1. The molecule has 33 heavy (non-hydrogen) atoms. The van der Waals surface area contributed by atoms with Crippen molar-refractivity contribution in [1.82, 2.24) is 9.88 Å². The van der Waals surface area contributed by atoms with Gasteiger partial charge in [0.1, 0.15) is 11.2 Å². The van der Waals surface area contributed by atoms with Gasteiger partial charge in [0, 0.05) is 11.7 Å². The van der Waals surface area contributed by atoms with Crippen LogP contribution in [0.1, 0.15) is 74.8 Å². The first-order chi connectivity index (χ1) is 16.0. The molecular weight excluding hydrogens is 430 g/mol. The summed E-state index contributed by atoms with van der Waals surface area (Å²) in [6, 6.07) is 12.3. The van der Waals surface area contributed by atoms with Crippen molar-refractivity contribution in [1.29, 1.82) is 0 Å². The highest BCUT2D eigenvalue weighted by Gasteiger charge is 2.49. The number of aryl methyl sites for hydroxylation is 1. The molecule has 174 valence electrons. The molecule has 1 aliphatic carbocycles. The first kappa shape index (κ1) is 22.2. The molecule has 1 N–H and O–H groups in total. The molecule has 0 spiro atoms. The smallest absolute Gasteiger partial charge is 0.275 e. The Hall–Kier alpha value is -2.60. The maximum absolute atomic E-state index is 13.9. The van der Waals surface area contributed by atoms with Gasteiger partial charge in [0.25, 0.3) is 5.91 Å². The Labute approximate surface area is 199 Å². The first-order valence-corrected chi connectivity index (χ1v) is 13.2. The Morgan fingerprint density at radius 2 is 1.79 bits per heavy atom. The number of amides is 2. The van der Waals surface area contributed by atoms with Crippen LogP contribution in [0.15, 0.2) is 41.8 Å². The van der Waals surface area contributed by atoms with Crippen LogP contribution in [0.25, 0.3) is 10.2 Å². The van der Waals surface area contributed by atoms with Crippen LogP contribution in [0.4, 0.5) is 5.69 Å². The van der Waals surface area contributed by atoms with Crippen molar-refractivity contribution in [3.05, 3.63) is 53.0 Å². The molecule has 0 unspecified atom stereocenters. The van der Waals surface area contributed by atoms with Crippen molar-refractivity contribution in [3.8, 4) is 0 Å². The number of nitrogens with one attached hydrogen (secondary N) is 1. The van der Waals surface area contributed by atoms with E-state index >= 15 is 0 Å². The van der Waals surface area contributed by atoms with E-state index in [1.54, 1.807) is 16.2 Å². The Bertz CT molecular complexity index is 1150. The molecule has 2 amide bonds. The summed E-state index contributed by atoms with van der Waals surface area (Å²) in [7, 11) is 0. The van der Waals surface area contributed by atoms with Crippen LogP contribution in [-0.4, -0.2) is 28.0 Å². The molecule has 0 saturated heterocycles. The number of carbonyl (C=O) groups excluding carboxylic acids is 2. The maximum atomic E-state index is 13.9. The maximum Gasteiger partial charge on any atom is 0.275 e. The predicted molar refractivity (Wildman–Crippen MR) is 135 cm³/mol. The van der Waals surface area contributed by atoms with Gasteiger partial charge in [-0.25, -0.2) is 0 Å². The number of rotatable bonds is 4. The summed E-state index contributed by atoms with van der Waals surface area (Å²) in [6.45, 7) is 4.49. The van der Waals surface area contributed by atoms with E-state index in [2.05, 4.69) is 30.4 Å². The van der Waals surface area contributed by atoms with E-state index in [-0.39, 0.29) is 17.9 Å². The molecule has 1 fully saturated rings. The Kier molecular flexibility index (Phi) is 6.04. The zero-order chi connectivity index (χ0) is 23.0. The number of hydrogen-bond donors (Lipinski definition) is 1. The first-order valence-electron chi connectivity index (χ1n) is 12.3. The zero-order valence-electron chi connectivity index (χ0n) is 19.6. The van der Waals surface area contributed by atoms with Gasteiger partial charge < -0.3 is 9.88 Å². The fraction of sp³-hybridized carbons (Fsp3) is 0.481. The van der Waals surface area contributed by atoms with E-state index < -0.39 is 5.54 Å². The zero-order valence-corrected chi connectivity index (χ0v) is 20.4. The van der Waals surface area contributed by atoms with Crippen LogP contribution in [-0.2, 0) is 17.8 Å². The summed E-state index contributed by atoms with van der Waals surface area (Å²) in [5, 5.41) is 5.41. The second-order valence-corrected chi connectivity index (χ2v) is 10.7. The van der Waals surface area contributed by atoms with Crippen molar-refractivity contribution < 1.29 is 9.59 Å². The van der Waals surface area contributed by atoms with Crippen molar-refractivity contribution in [2.45, 2.75) is 83.3 Å². The van der Waals surface area contributed by atoms with Gasteiger partial charge in [-0.3, -0.25) is 14.5 Å². The van der Waals surface area contributed by atoms with E-state index in [0.29, 0.717) is 12.2 Å². The standard InChI is InChI=1S/C27H33N3O2S/c1-3-19-11-13-21(14-12-19)30-25(31)23-17-24-22(15-16-33-24)29(23)18-27(30,2)26(32)28-20-9-7-5-4-6-8-10-20/h11-17,20H,3-10,18H2,1-2H3,(H,28,32)/t27-/m1/s1. The van der Waals surface area contributed by atoms with E-state index in [4.69, 9.17) is 0 Å². The lowest BCUT2D eigenvalue weighted by atomic mass is 9.91. The predicted octanol–water partition coefficient (Wildman–Crippen LogP) is 5.91. The second kappa shape index (κ2) is 8.98. The molecular formula is C27H33N3O2S. The number of fused-ring (bicyclic) bond motifs is 3. The molecule has 0 radical (unpaired) electrons. The number of anilines is 1. The van der Waals surface area contributed by atoms with Crippen LogP contribution in [0.2, 0.25) is 0 Å². The minimum absolute atomic E-state index is 0.0521. The van der Waals surface area contributed by atoms with Crippen molar-refractivity contribution >= 4 is 39.1 Å². The molecule has 5 rings (SSSR count). The average Bonchev–Trinajstić information content (AvgIpc) is 3.38. The van der Waals surface area contributed by atoms with Crippen LogP contribution in [0.3, 0.4) is 0 Å². The topological polar surface area (TPSA) is 54.3 Å². The molecule has 6 heteroatoms. The van der Waals surface area contributed by atoms with Gasteiger partial charge >= 0.3 is 0 Å². The monoisotopic (exact) mass is 463 g/mol. The van der Waals surface area contributed by atoms with Gasteiger partial charge in [0.2, 0.25) is 5.91 Å². The van der Waals surface area contributed by atoms with Crippen LogP contribution in [0.5, 0.6) is 0 Å². The highest BCUT2D eigenvalue weighted by molar-refractivity contribution is 7.17. The Balaban J connectivity index is 1.54. The third-order valence-electron chi connectivity index (χ3n) is 7.44. The summed E-state index contributed by atoms with van der Waals surface area (Å²) in [6.07, 6.45) is 9.05. The lowest BCUT2D eigenvalue weighted by Gasteiger charge is -2.44. The Morgan fingerprint density at radius 1 is 1.09 bits per heavy atom. The normalized spacial score (nSPS) is 22.1. The van der Waals surface area contributed by atoms with Gasteiger partial charge in [-0.05, 0) is 61.4 Å². The lowest BCUT2D eigenvalue weighted by Crippen LogP contribution is -2.65. The summed E-state index contributed by atoms with van der Waals surface area (Å²) in [5.41, 5.74) is 2.69. The number of carbonyl (C=O) groups is 2. The van der Waals surface area contributed by atoms with Gasteiger partial charge in [0.05, 0.1) is 16.8 Å². The summed E-state index contributed by atoms with van der Waals surface area (Å²) >= 11 is 1.63. The molecule has 0 bridgehead atoms. The highest BCUT2D eigenvalue weighted by atomic mass is 32.1. The van der Waals surface area contributed by atoms with Gasteiger partial charge in [-0.2, -0.15) is 0 Å². The summed E-state index contributed by atoms with van der Waals surface area (Å²) < 4.78 is 3.13. The highest BCUT2D eigenvalue weighted by Crippen LogP contribution is 2.37. The molecule has 1 atom stereocenters. The van der Waals surface area contributed by atoms with E-state index in [1.165, 1.54) is 24.8 Å². The van der Waals surface area contributed by atoms with Crippen LogP contribution < -0.4 is 10.2 Å². The van der Waals surface area contributed by atoms with Crippen LogP contribution >= 0.6 is 11.3 Å². The average molecular weight is 464 g/mol. The molecule has 1 aliphatic heterocycles. The quantitative estimate of drug-likeness (QED) is 0.523. The number of hydrogen-bond acceptors (Lipinski definition) is 3. The number of thiophene rings is 1. The fourth-order valence-corrected chi connectivity index (χ4v) is 6.26. The summed E-state index contributed by atoms with van der Waals surface area (Å²) in [4.78, 5) is 29.6. The SMILES string of the molecule is CCc1ccc(N2C(=O)c3cc4sccc4n3C[C@]2(C)C(=O)NC2CCCCCCC2)cc1. The lowest BCUT2D eigenvalue weighted by molar-refractivity contribution is -0.127. The third-order valence-corrected chi connectivity index (χ3v) is 8.29. The van der Waals surface area contributed by atoms with Gasteiger partial charge in [-0.15, -0.1) is 11.3 Å². The van der Waals surface area contributed by atoms with E-state index in [1.807, 2.05) is 35.1 Å². The Morgan fingerprint density at radius 3 is 2.48 bits per heavy atom. The minimum atomic E-state index is -1.01. The van der Waals surface area contributed by atoms with E-state index in [9.17, 15) is 9.59 Å². The molecule has 5 nitrogen and oxygen atoms in total. The third kappa shape index (κ3) is 3.99. The fourth-order valence-electron chi connectivity index (χ4n) is 5.44. The molecule has 1 aromatic carbocycles. The van der Waals surface area contributed by atoms with Crippen molar-refractivity contribution in [2.24, 2.45) is 0 Å². The largest absolute Gasteiger partial charge is 0.351 e. The minimum Gasteiger partial charge on any atom is -0.351 e. The molecule has 1 saturated carbocycles. The number of benzene rings is 1. The van der Waals surface area contributed by atoms with Gasteiger partial charge in [0.15, 0.2) is 0 Å².